The van der Waals surface area contributed by atoms with Crippen LogP contribution in [-0.4, -0.2) is 38.5 Å². The molecule has 0 aromatic heterocycles. The van der Waals surface area contributed by atoms with E-state index in [9.17, 15) is 0 Å². The highest BCUT2D eigenvalue weighted by Gasteiger charge is 2.09. The van der Waals surface area contributed by atoms with E-state index < -0.39 is 0 Å². The number of unbranched alkanes of at least 4 members (excludes halogenated alkanes) is 1. The van der Waals surface area contributed by atoms with Gasteiger partial charge in [0.15, 0.2) is 0 Å². The third-order valence-corrected chi connectivity index (χ3v) is 4.14. The number of nitriles is 1. The maximum absolute atomic E-state index is 8.83. The van der Waals surface area contributed by atoms with E-state index in [-0.39, 0.29) is 5.44 Å². The Morgan fingerprint density at radius 1 is 0.783 bits per heavy atom. The maximum atomic E-state index is 8.83. The first-order valence-electron chi connectivity index (χ1n) is 8.88. The molecule has 0 aliphatic heterocycles. The molecule has 0 aliphatic carbocycles. The van der Waals surface area contributed by atoms with E-state index in [0.29, 0.717) is 32.3 Å². The minimum Gasteiger partial charge on any atom is -0.379 e. The van der Waals surface area contributed by atoms with Gasteiger partial charge in [0.1, 0.15) is 10.8 Å². The number of nitrogens with zero attached hydrogens (tertiary/aromatic N) is 1. The maximum Gasteiger partial charge on any atom is 0.136 e. The Morgan fingerprint density at radius 2 is 1.35 bits per heavy atom. The molecule has 1 atom stereocenters. The summed E-state index contributed by atoms with van der Waals surface area (Å²) in [5.74, 6) is 1.42. The fraction of sp³-hybridized carbons (Fsp3) is 0.944. The molecule has 0 spiro atoms. The highest BCUT2D eigenvalue weighted by atomic mass is 32.2. The summed E-state index contributed by atoms with van der Waals surface area (Å²) in [5.41, 5.74) is -0.0296. The van der Waals surface area contributed by atoms with Gasteiger partial charge >= 0.3 is 0 Å². The van der Waals surface area contributed by atoms with Crippen LogP contribution in [0.3, 0.4) is 0 Å². The lowest BCUT2D eigenvalue weighted by molar-refractivity contribution is 0.00620. The van der Waals surface area contributed by atoms with Gasteiger partial charge in [-0.3, -0.25) is 0 Å². The zero-order chi connectivity index (χ0) is 17.3. The van der Waals surface area contributed by atoms with Crippen LogP contribution in [0.2, 0.25) is 0 Å². The zero-order valence-electron chi connectivity index (χ0n) is 15.4. The van der Waals surface area contributed by atoms with Crippen LogP contribution in [0, 0.1) is 22.5 Å². The van der Waals surface area contributed by atoms with E-state index in [4.69, 9.17) is 19.5 Å². The van der Waals surface area contributed by atoms with Crippen LogP contribution < -0.4 is 0 Å². The van der Waals surface area contributed by atoms with Gasteiger partial charge in [-0.25, -0.2) is 0 Å². The zero-order valence-corrected chi connectivity index (χ0v) is 16.2. The number of ether oxygens (including phenoxy) is 3. The van der Waals surface area contributed by atoms with Gasteiger partial charge < -0.3 is 14.2 Å². The third-order valence-electron chi connectivity index (χ3n) is 3.40. The minimum atomic E-state index is -0.0296. The number of rotatable bonds is 16. The Kier molecular flexibility index (Phi) is 16.4. The number of hydrogen-bond donors (Lipinski definition) is 0. The first-order chi connectivity index (χ1) is 11.1. The lowest BCUT2D eigenvalue weighted by Crippen LogP contribution is -2.15. The molecule has 0 rings (SSSR count). The van der Waals surface area contributed by atoms with E-state index in [1.54, 1.807) is 0 Å². The van der Waals surface area contributed by atoms with Crippen molar-refractivity contribution in [1.82, 2.24) is 0 Å². The van der Waals surface area contributed by atoms with Crippen molar-refractivity contribution in [3.05, 3.63) is 0 Å². The van der Waals surface area contributed by atoms with Crippen LogP contribution in [0.25, 0.3) is 0 Å². The van der Waals surface area contributed by atoms with E-state index >= 15 is 0 Å². The second-order valence-corrected chi connectivity index (χ2v) is 7.54. The number of thioether (sulfide) groups is 1. The smallest absolute Gasteiger partial charge is 0.136 e. The Morgan fingerprint density at radius 3 is 1.96 bits per heavy atom. The van der Waals surface area contributed by atoms with Crippen molar-refractivity contribution in [2.45, 2.75) is 65.2 Å². The standard InChI is InChI=1S/C18H35NO3S/c1-16(2)7-5-6-8-18(23-15-19)22-14-13-21-12-11-20-10-9-17(3)4/h16-18H,5-14H2,1-4H3. The molecule has 0 amide bonds. The molecule has 0 aromatic rings. The molecule has 5 heteroatoms. The SMILES string of the molecule is CC(C)CCCCC(OCCOCCOCCC(C)C)SC#N. The van der Waals surface area contributed by atoms with Gasteiger partial charge in [-0.1, -0.05) is 40.5 Å². The van der Waals surface area contributed by atoms with Gasteiger partial charge in [0, 0.05) is 6.61 Å². The molecule has 0 bridgehead atoms. The summed E-state index contributed by atoms with van der Waals surface area (Å²) >= 11 is 1.22. The summed E-state index contributed by atoms with van der Waals surface area (Å²) in [4.78, 5) is 0. The first kappa shape index (κ1) is 22.7. The quantitative estimate of drug-likeness (QED) is 0.228. The van der Waals surface area contributed by atoms with Crippen LogP contribution in [0.4, 0.5) is 0 Å². The van der Waals surface area contributed by atoms with Crippen LogP contribution in [0.15, 0.2) is 0 Å². The minimum absolute atomic E-state index is 0.0296. The van der Waals surface area contributed by atoms with Crippen LogP contribution in [0.5, 0.6) is 0 Å². The molecule has 0 aromatic carbocycles. The Balaban J connectivity index is 3.48. The van der Waals surface area contributed by atoms with Crippen molar-refractivity contribution in [2.75, 3.05) is 33.0 Å². The number of hydrogen-bond acceptors (Lipinski definition) is 5. The van der Waals surface area contributed by atoms with E-state index in [0.717, 1.165) is 31.8 Å². The van der Waals surface area contributed by atoms with Crippen LogP contribution in [-0.2, 0) is 14.2 Å². The highest BCUT2D eigenvalue weighted by Crippen LogP contribution is 2.19. The monoisotopic (exact) mass is 345 g/mol. The average molecular weight is 346 g/mol. The van der Waals surface area contributed by atoms with Gasteiger partial charge in [-0.2, -0.15) is 5.26 Å². The normalized spacial score (nSPS) is 12.7. The fourth-order valence-electron chi connectivity index (χ4n) is 1.98. The summed E-state index contributed by atoms with van der Waals surface area (Å²) in [5, 5.41) is 11.0. The van der Waals surface area contributed by atoms with Crippen molar-refractivity contribution in [2.24, 2.45) is 11.8 Å². The predicted molar refractivity (Wildman–Crippen MR) is 97.3 cm³/mol. The molecule has 1 unspecified atom stereocenters. The summed E-state index contributed by atoms with van der Waals surface area (Å²) in [6, 6.07) is 0. The molecular formula is C18H35NO3S. The molecule has 0 fully saturated rings. The lowest BCUT2D eigenvalue weighted by atomic mass is 10.1. The van der Waals surface area contributed by atoms with Crippen molar-refractivity contribution in [1.29, 1.82) is 5.26 Å². The molecule has 0 aliphatic rings. The van der Waals surface area contributed by atoms with Crippen LogP contribution >= 0.6 is 11.8 Å². The Labute approximate surface area is 147 Å². The van der Waals surface area contributed by atoms with Gasteiger partial charge in [0.25, 0.3) is 0 Å². The molecule has 0 N–H and O–H groups in total. The highest BCUT2D eigenvalue weighted by molar-refractivity contribution is 8.04. The topological polar surface area (TPSA) is 51.5 Å². The molecule has 4 nitrogen and oxygen atoms in total. The van der Waals surface area contributed by atoms with Gasteiger partial charge in [0.2, 0.25) is 0 Å². The summed E-state index contributed by atoms with van der Waals surface area (Å²) in [6.07, 6.45) is 5.58. The van der Waals surface area contributed by atoms with E-state index in [2.05, 4.69) is 33.1 Å². The van der Waals surface area contributed by atoms with Gasteiger partial charge in [-0.05, 0) is 42.9 Å². The molecule has 0 radical (unpaired) electrons. The average Bonchev–Trinajstić information content (AvgIpc) is 2.49. The molecule has 23 heavy (non-hydrogen) atoms. The molecule has 0 saturated carbocycles. The summed E-state index contributed by atoms with van der Waals surface area (Å²) < 4.78 is 16.7. The first-order valence-corrected chi connectivity index (χ1v) is 9.76. The Hall–Kier alpha value is -0.280. The summed E-state index contributed by atoms with van der Waals surface area (Å²) in [6.45, 7) is 12.0. The van der Waals surface area contributed by atoms with Crippen molar-refractivity contribution in [3.63, 3.8) is 0 Å². The largest absolute Gasteiger partial charge is 0.379 e. The van der Waals surface area contributed by atoms with Crippen molar-refractivity contribution >= 4 is 11.8 Å². The van der Waals surface area contributed by atoms with Crippen molar-refractivity contribution < 1.29 is 14.2 Å². The van der Waals surface area contributed by atoms with Crippen LogP contribution in [0.1, 0.15) is 59.8 Å². The molecule has 136 valence electrons. The van der Waals surface area contributed by atoms with Gasteiger partial charge in [0.05, 0.1) is 26.4 Å². The predicted octanol–water partition coefficient (Wildman–Crippen LogP) is 4.84. The van der Waals surface area contributed by atoms with Gasteiger partial charge in [-0.15, -0.1) is 0 Å². The lowest BCUT2D eigenvalue weighted by Gasteiger charge is -2.14. The molecular weight excluding hydrogens is 310 g/mol. The molecule has 0 saturated heterocycles. The second kappa shape index (κ2) is 16.6. The van der Waals surface area contributed by atoms with E-state index in [1.807, 2.05) is 0 Å². The van der Waals surface area contributed by atoms with Crippen molar-refractivity contribution in [3.8, 4) is 5.40 Å². The summed E-state index contributed by atoms with van der Waals surface area (Å²) in [7, 11) is 0. The Bertz CT molecular complexity index is 292. The third kappa shape index (κ3) is 17.9. The molecule has 0 heterocycles. The second-order valence-electron chi connectivity index (χ2n) is 6.60. The number of thiocyanates is 1. The van der Waals surface area contributed by atoms with E-state index in [1.165, 1.54) is 24.6 Å². The fourth-order valence-corrected chi connectivity index (χ4v) is 2.54.